The molecule has 2 aromatic rings. The molecule has 1 heterocycles. The number of alkyl halides is 3. The van der Waals surface area contributed by atoms with Crippen molar-refractivity contribution in [1.82, 2.24) is 10.1 Å². The number of hydrogen-bond donors (Lipinski definition) is 1. The van der Waals surface area contributed by atoms with E-state index in [1.807, 2.05) is 0 Å². The molecule has 0 unspecified atom stereocenters. The third-order valence-electron chi connectivity index (χ3n) is 3.08. The number of anilines is 1. The normalized spacial score (nSPS) is 11.8. The molecule has 0 aliphatic rings. The van der Waals surface area contributed by atoms with Crippen LogP contribution in [0.5, 0.6) is 0 Å². The molecule has 0 radical (unpaired) electrons. The summed E-state index contributed by atoms with van der Waals surface area (Å²) in [5, 5.41) is 6.00. The van der Waals surface area contributed by atoms with Crippen molar-refractivity contribution in [2.45, 2.75) is 19.6 Å². The first-order valence-corrected chi connectivity index (χ1v) is 7.30. The van der Waals surface area contributed by atoms with Gasteiger partial charge in [-0.3, -0.25) is 9.69 Å². The lowest BCUT2D eigenvalue weighted by atomic mass is 10.1. The van der Waals surface area contributed by atoms with E-state index in [4.69, 9.17) is 16.1 Å². The molecule has 0 bridgehead atoms. The van der Waals surface area contributed by atoms with Gasteiger partial charge in [-0.05, 0) is 32.2 Å². The smallest absolute Gasteiger partial charge is 0.361 e. The Labute approximate surface area is 141 Å². The van der Waals surface area contributed by atoms with Crippen LogP contribution in [0.15, 0.2) is 28.8 Å². The molecule has 0 atom stereocenters. The maximum absolute atomic E-state index is 13.0. The summed E-state index contributed by atoms with van der Waals surface area (Å²) in [7, 11) is 1.65. The van der Waals surface area contributed by atoms with E-state index in [0.717, 1.165) is 12.1 Å². The van der Waals surface area contributed by atoms with Crippen molar-refractivity contribution in [3.63, 3.8) is 0 Å². The van der Waals surface area contributed by atoms with E-state index in [1.54, 1.807) is 24.9 Å². The lowest BCUT2D eigenvalue weighted by Gasteiger charge is -2.17. The number of carbonyl (C=O) groups excluding carboxylic acids is 1. The molecule has 24 heavy (non-hydrogen) atoms. The number of hydrogen-bond acceptors (Lipinski definition) is 4. The highest BCUT2D eigenvalue weighted by molar-refractivity contribution is 6.30. The minimum Gasteiger partial charge on any atom is -0.361 e. The summed E-state index contributed by atoms with van der Waals surface area (Å²) in [5.74, 6) is 0.0596. The van der Waals surface area contributed by atoms with Crippen LogP contribution in [0, 0.1) is 6.92 Å². The zero-order valence-electron chi connectivity index (χ0n) is 12.9. The van der Waals surface area contributed by atoms with Crippen LogP contribution in [0.25, 0.3) is 0 Å². The van der Waals surface area contributed by atoms with Gasteiger partial charge in [0.05, 0.1) is 23.5 Å². The summed E-state index contributed by atoms with van der Waals surface area (Å²) in [6.07, 6.45) is -4.61. The minimum atomic E-state index is -4.61. The van der Waals surface area contributed by atoms with Gasteiger partial charge < -0.3 is 9.84 Å². The fourth-order valence-electron chi connectivity index (χ4n) is 2.12. The molecule has 2 rings (SSSR count). The zero-order chi connectivity index (χ0) is 17.9. The summed E-state index contributed by atoms with van der Waals surface area (Å²) in [5.41, 5.74) is -0.689. The van der Waals surface area contributed by atoms with Crippen molar-refractivity contribution < 1.29 is 22.5 Å². The van der Waals surface area contributed by atoms with Crippen LogP contribution in [0.4, 0.5) is 18.9 Å². The van der Waals surface area contributed by atoms with E-state index >= 15 is 0 Å². The Kier molecular flexibility index (Phi) is 5.51. The second-order valence-electron chi connectivity index (χ2n) is 5.34. The van der Waals surface area contributed by atoms with E-state index in [1.165, 1.54) is 6.07 Å². The maximum atomic E-state index is 13.0. The average molecular weight is 362 g/mol. The van der Waals surface area contributed by atoms with Crippen LogP contribution < -0.4 is 5.32 Å². The standard InChI is InChI=1S/C15H15ClF3N3O2/c1-9-5-11(21-24-9)7-22(2)8-14(23)20-13-4-3-10(16)6-12(13)15(17,18)19/h3-6H,7-8H2,1-2H3,(H,20,23). The van der Waals surface area contributed by atoms with Crippen LogP contribution in [0.1, 0.15) is 17.0 Å². The monoisotopic (exact) mass is 361 g/mol. The number of nitrogens with one attached hydrogen (secondary N) is 1. The van der Waals surface area contributed by atoms with Gasteiger partial charge in [0.25, 0.3) is 0 Å². The quantitative estimate of drug-likeness (QED) is 0.881. The van der Waals surface area contributed by atoms with Gasteiger partial charge in [0.1, 0.15) is 5.76 Å². The first kappa shape index (κ1) is 18.3. The Balaban J connectivity index is 2.02. The summed E-state index contributed by atoms with van der Waals surface area (Å²) in [6, 6.07) is 4.91. The fraction of sp³-hybridized carbons (Fsp3) is 0.333. The van der Waals surface area contributed by atoms with Gasteiger partial charge in [-0.15, -0.1) is 0 Å². The molecule has 5 nitrogen and oxygen atoms in total. The zero-order valence-corrected chi connectivity index (χ0v) is 13.7. The van der Waals surface area contributed by atoms with E-state index in [0.29, 0.717) is 18.0 Å². The number of carbonyl (C=O) groups is 1. The Morgan fingerprint density at radius 2 is 2.08 bits per heavy atom. The summed E-state index contributed by atoms with van der Waals surface area (Å²) < 4.78 is 43.9. The van der Waals surface area contributed by atoms with Crippen molar-refractivity contribution in [3.05, 3.63) is 46.3 Å². The molecular formula is C15H15ClF3N3O2. The van der Waals surface area contributed by atoms with Crippen LogP contribution in [0.2, 0.25) is 5.02 Å². The van der Waals surface area contributed by atoms with Crippen molar-refractivity contribution in [2.24, 2.45) is 0 Å². The van der Waals surface area contributed by atoms with E-state index < -0.39 is 17.6 Å². The summed E-state index contributed by atoms with van der Waals surface area (Å²) >= 11 is 5.60. The van der Waals surface area contributed by atoms with Crippen LogP contribution in [-0.2, 0) is 17.5 Å². The highest BCUT2D eigenvalue weighted by atomic mass is 35.5. The molecule has 1 aromatic carbocycles. The van der Waals surface area contributed by atoms with E-state index in [2.05, 4.69) is 10.5 Å². The van der Waals surface area contributed by atoms with Gasteiger partial charge in [0, 0.05) is 17.6 Å². The topological polar surface area (TPSA) is 58.4 Å². The second kappa shape index (κ2) is 7.23. The molecule has 1 aromatic heterocycles. The number of aryl methyl sites for hydroxylation is 1. The Bertz CT molecular complexity index is 731. The van der Waals surface area contributed by atoms with Crippen molar-refractivity contribution in [3.8, 4) is 0 Å². The first-order chi connectivity index (χ1) is 11.1. The van der Waals surface area contributed by atoms with Gasteiger partial charge in [-0.2, -0.15) is 13.2 Å². The van der Waals surface area contributed by atoms with Crippen molar-refractivity contribution >= 4 is 23.2 Å². The Hall–Kier alpha value is -2.06. The lowest BCUT2D eigenvalue weighted by Crippen LogP contribution is -2.30. The van der Waals surface area contributed by atoms with Crippen LogP contribution in [0.3, 0.4) is 0 Å². The van der Waals surface area contributed by atoms with Crippen LogP contribution >= 0.6 is 11.6 Å². The molecule has 0 spiro atoms. The van der Waals surface area contributed by atoms with Gasteiger partial charge in [0.15, 0.2) is 0 Å². The fourth-order valence-corrected chi connectivity index (χ4v) is 2.29. The predicted octanol–water partition coefficient (Wildman–Crippen LogP) is 3.73. The summed E-state index contributed by atoms with van der Waals surface area (Å²) in [6.45, 7) is 1.96. The molecule has 0 fully saturated rings. The SMILES string of the molecule is Cc1cc(CN(C)CC(=O)Nc2ccc(Cl)cc2C(F)(F)F)no1. The minimum absolute atomic E-state index is 0.0566. The van der Waals surface area contributed by atoms with E-state index in [-0.39, 0.29) is 17.3 Å². The summed E-state index contributed by atoms with van der Waals surface area (Å²) in [4.78, 5) is 13.6. The number of benzene rings is 1. The van der Waals surface area contributed by atoms with Gasteiger partial charge >= 0.3 is 6.18 Å². The van der Waals surface area contributed by atoms with Gasteiger partial charge in [-0.1, -0.05) is 16.8 Å². The number of aromatic nitrogens is 1. The molecule has 1 N–H and O–H groups in total. The molecule has 0 saturated heterocycles. The van der Waals surface area contributed by atoms with Gasteiger partial charge in [-0.25, -0.2) is 0 Å². The number of nitrogens with zero attached hydrogens (tertiary/aromatic N) is 2. The third-order valence-corrected chi connectivity index (χ3v) is 3.32. The predicted molar refractivity (Wildman–Crippen MR) is 82.7 cm³/mol. The average Bonchev–Trinajstić information content (AvgIpc) is 2.84. The number of likely N-dealkylation sites (N-methyl/N-ethyl adjacent to an activating group) is 1. The molecule has 1 amide bonds. The second-order valence-corrected chi connectivity index (χ2v) is 5.77. The number of halogens is 4. The van der Waals surface area contributed by atoms with Gasteiger partial charge in [0.2, 0.25) is 5.91 Å². The molecule has 0 aliphatic carbocycles. The molecule has 0 aliphatic heterocycles. The van der Waals surface area contributed by atoms with E-state index in [9.17, 15) is 18.0 Å². The largest absolute Gasteiger partial charge is 0.418 e. The number of amides is 1. The number of rotatable bonds is 5. The Morgan fingerprint density at radius 1 is 1.38 bits per heavy atom. The maximum Gasteiger partial charge on any atom is 0.418 e. The molecule has 0 saturated carbocycles. The third kappa shape index (κ3) is 4.97. The molecule has 130 valence electrons. The lowest BCUT2D eigenvalue weighted by molar-refractivity contribution is -0.137. The van der Waals surface area contributed by atoms with Crippen molar-refractivity contribution in [1.29, 1.82) is 0 Å². The molecular weight excluding hydrogens is 347 g/mol. The highest BCUT2D eigenvalue weighted by Gasteiger charge is 2.34. The van der Waals surface area contributed by atoms with Crippen LogP contribution in [-0.4, -0.2) is 29.6 Å². The first-order valence-electron chi connectivity index (χ1n) is 6.92. The molecule has 9 heteroatoms. The highest BCUT2D eigenvalue weighted by Crippen LogP contribution is 2.36. The van der Waals surface area contributed by atoms with Crippen molar-refractivity contribution in [2.75, 3.05) is 18.9 Å². The Morgan fingerprint density at radius 3 is 2.67 bits per heavy atom.